The molecule has 0 amide bonds. The molecule has 0 bridgehead atoms. The Balaban J connectivity index is 1.81. The van der Waals surface area contributed by atoms with E-state index in [4.69, 9.17) is 9.47 Å². The summed E-state index contributed by atoms with van der Waals surface area (Å²) in [5, 5.41) is 0. The Morgan fingerprint density at radius 1 is 0.778 bits per heavy atom. The largest absolute Gasteiger partial charge is 0.495 e. The number of hydrogen-bond acceptors (Lipinski definition) is 2. The van der Waals surface area contributed by atoms with Crippen LogP contribution in [0.2, 0.25) is 0 Å². The van der Waals surface area contributed by atoms with Gasteiger partial charge >= 0.3 is 0 Å². The molecule has 2 heteroatoms. The quantitative estimate of drug-likeness (QED) is 0.445. The van der Waals surface area contributed by atoms with Crippen molar-refractivity contribution in [3.8, 4) is 0 Å². The minimum Gasteiger partial charge on any atom is -0.495 e. The zero-order valence-electron chi connectivity index (χ0n) is 19.4. The van der Waals surface area contributed by atoms with Crippen LogP contribution in [0, 0.1) is 22.7 Å². The van der Waals surface area contributed by atoms with Gasteiger partial charge in [-0.05, 0) is 101 Å². The third-order valence-electron chi connectivity index (χ3n) is 6.91. The van der Waals surface area contributed by atoms with E-state index in [9.17, 15) is 0 Å². The number of allylic oxidation sites excluding steroid dienone is 2. The summed E-state index contributed by atoms with van der Waals surface area (Å²) >= 11 is 0. The Labute approximate surface area is 169 Å². The molecule has 0 aromatic carbocycles. The molecule has 2 rings (SSSR count). The lowest BCUT2D eigenvalue weighted by Crippen LogP contribution is -2.39. The Hall–Kier alpha value is -0.500. The van der Waals surface area contributed by atoms with Gasteiger partial charge in [0.2, 0.25) is 0 Å². The average molecular weight is 379 g/mol. The van der Waals surface area contributed by atoms with Crippen LogP contribution in [0.5, 0.6) is 0 Å². The maximum Gasteiger partial charge on any atom is 0.0982 e. The molecule has 0 aromatic heterocycles. The van der Waals surface area contributed by atoms with Crippen LogP contribution >= 0.6 is 0 Å². The zero-order chi connectivity index (χ0) is 20.2. The highest BCUT2D eigenvalue weighted by Crippen LogP contribution is 2.49. The lowest BCUT2D eigenvalue weighted by Gasteiger charge is -2.46. The Morgan fingerprint density at radius 2 is 1.22 bits per heavy atom. The molecule has 0 N–H and O–H groups in total. The van der Waals surface area contributed by atoms with Crippen molar-refractivity contribution in [2.75, 3.05) is 0 Å². The first-order chi connectivity index (χ1) is 12.5. The highest BCUT2D eigenvalue weighted by molar-refractivity contribution is 4.98. The highest BCUT2D eigenvalue weighted by atomic mass is 16.5. The van der Waals surface area contributed by atoms with Crippen LogP contribution in [0.4, 0.5) is 0 Å². The normalized spacial score (nSPS) is 31.2. The summed E-state index contributed by atoms with van der Waals surface area (Å²) < 4.78 is 12.3. The van der Waals surface area contributed by atoms with E-state index >= 15 is 0 Å². The fourth-order valence-electron chi connectivity index (χ4n) is 5.49. The van der Waals surface area contributed by atoms with Gasteiger partial charge in [0, 0.05) is 0 Å². The third kappa shape index (κ3) is 7.11. The summed E-state index contributed by atoms with van der Waals surface area (Å²) in [6, 6.07) is 0. The molecule has 158 valence electrons. The van der Waals surface area contributed by atoms with Gasteiger partial charge in [-0.15, -0.1) is 0 Å². The predicted molar refractivity (Wildman–Crippen MR) is 116 cm³/mol. The second-order valence-electron chi connectivity index (χ2n) is 11.2. The van der Waals surface area contributed by atoms with Gasteiger partial charge in [0.05, 0.1) is 24.1 Å². The SMILES string of the molecule is C/C(=C\C(C)(C)C)OC1CCC(C(C)(C)C2CCC(OC(C)C)CC2)CC1. The minimum atomic E-state index is 0.196. The topological polar surface area (TPSA) is 18.5 Å². The van der Waals surface area contributed by atoms with E-state index in [1.54, 1.807) is 0 Å². The molecular formula is C25H46O2. The summed E-state index contributed by atoms with van der Waals surface area (Å²) in [7, 11) is 0. The molecule has 0 radical (unpaired) electrons. The molecule has 0 heterocycles. The van der Waals surface area contributed by atoms with Crippen LogP contribution in [0.15, 0.2) is 11.8 Å². The Bertz CT molecular complexity index is 467. The molecule has 2 nitrogen and oxygen atoms in total. The molecule has 2 aliphatic rings. The van der Waals surface area contributed by atoms with Crippen LogP contribution in [-0.2, 0) is 9.47 Å². The molecule has 2 fully saturated rings. The lowest BCUT2D eigenvalue weighted by atomic mass is 9.60. The average Bonchev–Trinajstić information content (AvgIpc) is 2.53. The molecule has 0 aliphatic heterocycles. The third-order valence-corrected chi connectivity index (χ3v) is 6.91. The van der Waals surface area contributed by atoms with E-state index < -0.39 is 0 Å². The maximum absolute atomic E-state index is 6.27. The van der Waals surface area contributed by atoms with Gasteiger partial charge in [0.25, 0.3) is 0 Å². The van der Waals surface area contributed by atoms with E-state index in [1.165, 1.54) is 51.4 Å². The van der Waals surface area contributed by atoms with Gasteiger partial charge < -0.3 is 9.47 Å². The minimum absolute atomic E-state index is 0.196. The number of hydrogen-bond donors (Lipinski definition) is 0. The van der Waals surface area contributed by atoms with Crippen molar-refractivity contribution in [3.63, 3.8) is 0 Å². The van der Waals surface area contributed by atoms with E-state index in [0.29, 0.717) is 23.7 Å². The van der Waals surface area contributed by atoms with Crippen LogP contribution in [-0.4, -0.2) is 18.3 Å². The van der Waals surface area contributed by atoms with Crippen molar-refractivity contribution in [2.24, 2.45) is 22.7 Å². The molecule has 0 unspecified atom stereocenters. The fraction of sp³-hybridized carbons (Fsp3) is 0.920. The van der Waals surface area contributed by atoms with Crippen molar-refractivity contribution in [2.45, 2.75) is 125 Å². The second kappa shape index (κ2) is 9.33. The van der Waals surface area contributed by atoms with Gasteiger partial charge in [0.1, 0.15) is 0 Å². The lowest BCUT2D eigenvalue weighted by molar-refractivity contribution is -0.0458. The predicted octanol–water partition coefficient (Wildman–Crippen LogP) is 7.52. The molecular weight excluding hydrogens is 332 g/mol. The van der Waals surface area contributed by atoms with Gasteiger partial charge in [-0.25, -0.2) is 0 Å². The van der Waals surface area contributed by atoms with E-state index in [2.05, 4.69) is 61.5 Å². The van der Waals surface area contributed by atoms with E-state index in [1.807, 2.05) is 0 Å². The summed E-state index contributed by atoms with van der Waals surface area (Å²) in [5.74, 6) is 2.81. The van der Waals surface area contributed by atoms with Crippen LogP contribution in [0.1, 0.15) is 107 Å². The molecule has 27 heavy (non-hydrogen) atoms. The molecule has 0 aromatic rings. The summed E-state index contributed by atoms with van der Waals surface area (Å²) in [6.07, 6.45) is 13.8. The van der Waals surface area contributed by atoms with Crippen molar-refractivity contribution >= 4 is 0 Å². The highest BCUT2D eigenvalue weighted by Gasteiger charge is 2.41. The van der Waals surface area contributed by atoms with Gasteiger partial charge in [-0.2, -0.15) is 0 Å². The van der Waals surface area contributed by atoms with Crippen molar-refractivity contribution in [1.82, 2.24) is 0 Å². The van der Waals surface area contributed by atoms with Crippen molar-refractivity contribution < 1.29 is 9.47 Å². The molecule has 2 saturated carbocycles. The van der Waals surface area contributed by atoms with Crippen LogP contribution in [0.3, 0.4) is 0 Å². The van der Waals surface area contributed by atoms with Crippen LogP contribution in [0.25, 0.3) is 0 Å². The Morgan fingerprint density at radius 3 is 1.63 bits per heavy atom. The molecule has 0 spiro atoms. The van der Waals surface area contributed by atoms with E-state index in [0.717, 1.165) is 17.6 Å². The zero-order valence-corrected chi connectivity index (χ0v) is 19.4. The van der Waals surface area contributed by atoms with E-state index in [-0.39, 0.29) is 5.41 Å². The monoisotopic (exact) mass is 378 g/mol. The second-order valence-corrected chi connectivity index (χ2v) is 11.2. The maximum atomic E-state index is 6.27. The number of rotatable bonds is 6. The smallest absolute Gasteiger partial charge is 0.0982 e. The number of ether oxygens (including phenoxy) is 2. The van der Waals surface area contributed by atoms with Gasteiger partial charge in [-0.1, -0.05) is 34.6 Å². The summed E-state index contributed by atoms with van der Waals surface area (Å²) in [5.41, 5.74) is 0.644. The first kappa shape index (κ1) is 22.8. The molecule has 0 saturated heterocycles. The first-order valence-electron chi connectivity index (χ1n) is 11.5. The van der Waals surface area contributed by atoms with Crippen LogP contribution < -0.4 is 0 Å². The summed E-state index contributed by atoms with van der Waals surface area (Å²) in [4.78, 5) is 0. The fourth-order valence-corrected chi connectivity index (χ4v) is 5.49. The van der Waals surface area contributed by atoms with Crippen molar-refractivity contribution in [1.29, 1.82) is 0 Å². The standard InChI is InChI=1S/C25H46O2/c1-18(2)26-22-13-9-20(10-14-22)25(7,8)21-11-15-23(16-12-21)27-19(3)17-24(4,5)6/h17-18,20-23H,9-16H2,1-8H3/b19-17+. The summed E-state index contributed by atoms with van der Waals surface area (Å²) in [6.45, 7) is 18.2. The Kier molecular flexibility index (Phi) is 7.88. The van der Waals surface area contributed by atoms with Crippen molar-refractivity contribution in [3.05, 3.63) is 11.8 Å². The molecule has 2 aliphatic carbocycles. The van der Waals surface area contributed by atoms with Gasteiger partial charge in [0.15, 0.2) is 0 Å². The first-order valence-corrected chi connectivity index (χ1v) is 11.5. The van der Waals surface area contributed by atoms with Gasteiger partial charge in [-0.3, -0.25) is 0 Å². The molecule has 0 atom stereocenters.